The Morgan fingerprint density at radius 1 is 1.33 bits per heavy atom. The molecule has 1 aromatic carbocycles. The maximum atomic E-state index is 12.1. The summed E-state index contributed by atoms with van der Waals surface area (Å²) in [5.74, 6) is -0.0426. The van der Waals surface area contributed by atoms with E-state index in [9.17, 15) is 8.42 Å². The lowest BCUT2D eigenvalue weighted by Crippen LogP contribution is -2.17. The Bertz CT molecular complexity index is 644. The van der Waals surface area contributed by atoms with Gasteiger partial charge < -0.3 is 10.3 Å². The summed E-state index contributed by atoms with van der Waals surface area (Å²) in [7, 11) is -2.21. The summed E-state index contributed by atoms with van der Waals surface area (Å²) in [5.41, 5.74) is 5.94. The normalized spacial score (nSPS) is 11.4. The monoisotopic (exact) mass is 286 g/mol. The fourth-order valence-electron chi connectivity index (χ4n) is 1.49. The summed E-state index contributed by atoms with van der Waals surface area (Å²) in [6, 6.07) is 6.30. The van der Waals surface area contributed by atoms with Crippen molar-refractivity contribution in [3.8, 4) is 0 Å². The molecule has 6 nitrogen and oxygen atoms in total. The number of hydrogen-bond acceptors (Lipinski definition) is 4. The zero-order valence-electron chi connectivity index (χ0n) is 9.46. The third-order valence-electron chi connectivity index (χ3n) is 2.26. The van der Waals surface area contributed by atoms with Gasteiger partial charge in [-0.2, -0.15) is 8.42 Å². The van der Waals surface area contributed by atoms with Crippen LogP contribution < -0.4 is 10.5 Å². The maximum absolute atomic E-state index is 12.1. The van der Waals surface area contributed by atoms with Gasteiger partial charge in [0.15, 0.2) is 10.8 Å². The fourth-order valence-corrected chi connectivity index (χ4v) is 2.91. The SMILES string of the molecule is Cn1cnc(N)c1S(=O)(=O)Nc1ccc(Cl)cc1. The highest BCUT2D eigenvalue weighted by Gasteiger charge is 2.22. The molecule has 0 bridgehead atoms. The van der Waals surface area contributed by atoms with Crippen LogP contribution in [0.3, 0.4) is 0 Å². The van der Waals surface area contributed by atoms with Crippen LogP contribution >= 0.6 is 11.6 Å². The summed E-state index contributed by atoms with van der Waals surface area (Å²) < 4.78 is 28.0. The van der Waals surface area contributed by atoms with Gasteiger partial charge in [0, 0.05) is 17.8 Å². The third kappa shape index (κ3) is 2.41. The highest BCUT2D eigenvalue weighted by Crippen LogP contribution is 2.21. The minimum absolute atomic E-state index is 0.0426. The van der Waals surface area contributed by atoms with Crippen LogP contribution in [0.5, 0.6) is 0 Å². The lowest BCUT2D eigenvalue weighted by Gasteiger charge is -2.08. The standard InChI is InChI=1S/C10H11ClN4O2S/c1-15-6-13-9(12)10(15)18(16,17)14-8-4-2-7(11)3-5-8/h2-6,14H,12H2,1H3. The number of benzene rings is 1. The van der Waals surface area contributed by atoms with E-state index in [-0.39, 0.29) is 10.8 Å². The molecule has 3 N–H and O–H groups in total. The molecule has 0 saturated carbocycles. The van der Waals surface area contributed by atoms with Crippen LogP contribution in [0.1, 0.15) is 0 Å². The van der Waals surface area contributed by atoms with Gasteiger partial charge in [-0.05, 0) is 24.3 Å². The molecule has 1 aromatic heterocycles. The molecule has 1 heterocycles. The van der Waals surface area contributed by atoms with Crippen LogP contribution in [0, 0.1) is 0 Å². The Morgan fingerprint density at radius 3 is 2.44 bits per heavy atom. The number of aromatic nitrogens is 2. The largest absolute Gasteiger partial charge is 0.381 e. The van der Waals surface area contributed by atoms with Crippen molar-refractivity contribution >= 4 is 33.1 Å². The predicted octanol–water partition coefficient (Wildman–Crippen LogP) is 1.46. The average Bonchev–Trinajstić information content (AvgIpc) is 2.62. The molecule has 0 radical (unpaired) electrons. The number of halogens is 1. The quantitative estimate of drug-likeness (QED) is 0.894. The lowest BCUT2D eigenvalue weighted by atomic mass is 10.3. The van der Waals surface area contributed by atoms with Crippen molar-refractivity contribution in [2.24, 2.45) is 7.05 Å². The van der Waals surface area contributed by atoms with Crippen molar-refractivity contribution < 1.29 is 8.42 Å². The van der Waals surface area contributed by atoms with E-state index >= 15 is 0 Å². The Morgan fingerprint density at radius 2 is 1.94 bits per heavy atom. The number of anilines is 2. The summed E-state index contributed by atoms with van der Waals surface area (Å²) in [4.78, 5) is 3.74. The molecule has 0 atom stereocenters. The molecule has 0 aliphatic heterocycles. The molecule has 2 rings (SSSR count). The molecule has 18 heavy (non-hydrogen) atoms. The maximum Gasteiger partial charge on any atom is 0.281 e. The van der Waals surface area contributed by atoms with E-state index in [1.54, 1.807) is 31.3 Å². The number of nitrogens with two attached hydrogens (primary N) is 1. The second-order valence-electron chi connectivity index (χ2n) is 3.66. The van der Waals surface area contributed by atoms with Crippen LogP contribution in [-0.2, 0) is 17.1 Å². The summed E-state index contributed by atoms with van der Waals surface area (Å²) >= 11 is 5.72. The number of nitrogens with zero attached hydrogens (tertiary/aromatic N) is 2. The second kappa shape index (κ2) is 4.51. The van der Waals surface area contributed by atoms with Crippen molar-refractivity contribution in [2.45, 2.75) is 5.03 Å². The van der Waals surface area contributed by atoms with Crippen molar-refractivity contribution in [2.75, 3.05) is 10.5 Å². The Kier molecular flexibility index (Phi) is 3.18. The Hall–Kier alpha value is -1.73. The van der Waals surface area contributed by atoms with Gasteiger partial charge in [0.25, 0.3) is 10.0 Å². The summed E-state index contributed by atoms with van der Waals surface area (Å²) in [6.45, 7) is 0. The smallest absolute Gasteiger partial charge is 0.281 e. The molecule has 8 heteroatoms. The zero-order valence-corrected chi connectivity index (χ0v) is 11.0. The minimum atomic E-state index is -3.76. The lowest BCUT2D eigenvalue weighted by molar-refractivity contribution is 0.592. The number of hydrogen-bond donors (Lipinski definition) is 2. The van der Waals surface area contributed by atoms with Gasteiger partial charge >= 0.3 is 0 Å². The molecule has 96 valence electrons. The molecule has 0 unspecified atom stereocenters. The van der Waals surface area contributed by atoms with Crippen LogP contribution in [0.15, 0.2) is 35.6 Å². The molecular formula is C10H11ClN4O2S. The summed E-state index contributed by atoms with van der Waals surface area (Å²) in [5, 5.41) is 0.454. The topological polar surface area (TPSA) is 90.0 Å². The molecule has 0 aliphatic rings. The first-order valence-corrected chi connectivity index (χ1v) is 6.81. The first-order valence-electron chi connectivity index (χ1n) is 4.95. The number of rotatable bonds is 3. The van der Waals surface area contributed by atoms with Crippen molar-refractivity contribution in [3.63, 3.8) is 0 Å². The van der Waals surface area contributed by atoms with Crippen molar-refractivity contribution in [3.05, 3.63) is 35.6 Å². The molecule has 0 fully saturated rings. The van der Waals surface area contributed by atoms with E-state index in [0.29, 0.717) is 10.7 Å². The number of aryl methyl sites for hydroxylation is 1. The molecule has 0 spiro atoms. The van der Waals surface area contributed by atoms with Crippen molar-refractivity contribution in [1.82, 2.24) is 9.55 Å². The van der Waals surface area contributed by atoms with E-state index in [4.69, 9.17) is 17.3 Å². The van der Waals surface area contributed by atoms with Gasteiger partial charge in [-0.1, -0.05) is 11.6 Å². The highest BCUT2D eigenvalue weighted by molar-refractivity contribution is 7.92. The molecule has 0 aliphatic carbocycles. The zero-order chi connectivity index (χ0) is 13.3. The van der Waals surface area contributed by atoms with Gasteiger partial charge in [0.05, 0.1) is 6.33 Å². The van der Waals surface area contributed by atoms with E-state index in [1.807, 2.05) is 0 Å². The fraction of sp³-hybridized carbons (Fsp3) is 0.100. The van der Waals surface area contributed by atoms with E-state index < -0.39 is 10.0 Å². The minimum Gasteiger partial charge on any atom is -0.381 e. The van der Waals surface area contributed by atoms with Crippen molar-refractivity contribution in [1.29, 1.82) is 0 Å². The first-order chi connectivity index (χ1) is 8.40. The summed E-state index contributed by atoms with van der Waals surface area (Å²) in [6.07, 6.45) is 1.34. The molecular weight excluding hydrogens is 276 g/mol. The predicted molar refractivity (Wildman–Crippen MR) is 69.9 cm³/mol. The van der Waals surface area contributed by atoms with Gasteiger partial charge in [-0.25, -0.2) is 4.98 Å². The van der Waals surface area contributed by atoms with Crippen LogP contribution in [0.2, 0.25) is 5.02 Å². The number of imidazole rings is 1. The van der Waals surface area contributed by atoms with Gasteiger partial charge in [-0.15, -0.1) is 0 Å². The third-order valence-corrected chi connectivity index (χ3v) is 4.02. The van der Waals surface area contributed by atoms with E-state index in [0.717, 1.165) is 0 Å². The Balaban J connectivity index is 2.36. The van der Waals surface area contributed by atoms with Crippen LogP contribution in [0.25, 0.3) is 0 Å². The van der Waals surface area contributed by atoms with Gasteiger partial charge in [-0.3, -0.25) is 4.72 Å². The average molecular weight is 287 g/mol. The number of nitrogen functional groups attached to an aromatic ring is 1. The van der Waals surface area contributed by atoms with Gasteiger partial charge in [0.1, 0.15) is 0 Å². The van der Waals surface area contributed by atoms with Crippen LogP contribution in [-0.4, -0.2) is 18.0 Å². The molecule has 0 saturated heterocycles. The second-order valence-corrected chi connectivity index (χ2v) is 5.69. The number of sulfonamides is 1. The van der Waals surface area contributed by atoms with Gasteiger partial charge in [0.2, 0.25) is 0 Å². The molecule has 0 amide bonds. The highest BCUT2D eigenvalue weighted by atomic mass is 35.5. The van der Waals surface area contributed by atoms with E-state index in [2.05, 4.69) is 9.71 Å². The van der Waals surface area contributed by atoms with E-state index in [1.165, 1.54) is 10.9 Å². The number of nitrogens with one attached hydrogen (secondary N) is 1. The molecule has 2 aromatic rings. The Labute approximate surface area is 109 Å². The van der Waals surface area contributed by atoms with Crippen LogP contribution in [0.4, 0.5) is 11.5 Å². The first kappa shape index (κ1) is 12.7.